The van der Waals surface area contributed by atoms with Gasteiger partial charge in [-0.3, -0.25) is 0 Å². The van der Waals surface area contributed by atoms with Crippen molar-refractivity contribution in [1.29, 1.82) is 0 Å². The van der Waals surface area contributed by atoms with Gasteiger partial charge in [-0.05, 0) is 35.1 Å². The highest BCUT2D eigenvalue weighted by atomic mass is 14.0. The van der Waals surface area contributed by atoms with Gasteiger partial charge in [-0.25, -0.2) is 0 Å². The van der Waals surface area contributed by atoms with E-state index in [2.05, 4.69) is 75.4 Å². The summed E-state index contributed by atoms with van der Waals surface area (Å²) in [5, 5.41) is 0. The summed E-state index contributed by atoms with van der Waals surface area (Å²) in [7, 11) is 0. The van der Waals surface area contributed by atoms with Gasteiger partial charge in [-0.1, -0.05) is 74.5 Å². The summed E-state index contributed by atoms with van der Waals surface area (Å²) >= 11 is 0. The normalized spacial score (nSPS) is 11.9. The standard InChI is InChI=1S/C18H20/c1-14(2)17-11-9-16(10-12-17)13-15(3)18-7-5-4-6-8-18/h4-14H,1-3H3/b15-13+. The van der Waals surface area contributed by atoms with Crippen LogP contribution >= 0.6 is 0 Å². The van der Waals surface area contributed by atoms with Crippen LogP contribution in [0.25, 0.3) is 11.6 Å². The molecular weight excluding hydrogens is 216 g/mol. The average Bonchev–Trinajstić information content (AvgIpc) is 2.40. The summed E-state index contributed by atoms with van der Waals surface area (Å²) < 4.78 is 0. The first-order chi connectivity index (χ1) is 8.66. The van der Waals surface area contributed by atoms with Crippen LogP contribution in [-0.2, 0) is 0 Å². The number of rotatable bonds is 3. The highest BCUT2D eigenvalue weighted by Gasteiger charge is 1.98. The minimum atomic E-state index is 0.596. The SMILES string of the molecule is C/C(=C\c1ccc(C(C)C)cc1)c1ccccc1. The molecule has 0 saturated heterocycles. The predicted octanol–water partition coefficient (Wildman–Crippen LogP) is 5.37. The fraction of sp³-hybridized carbons (Fsp3) is 0.222. The third kappa shape index (κ3) is 3.10. The van der Waals surface area contributed by atoms with Crippen molar-refractivity contribution in [3.05, 3.63) is 71.3 Å². The molecule has 0 heteroatoms. The zero-order valence-electron chi connectivity index (χ0n) is 11.4. The third-order valence-corrected chi connectivity index (χ3v) is 3.22. The first kappa shape index (κ1) is 12.6. The maximum absolute atomic E-state index is 2.24. The molecule has 0 heterocycles. The molecule has 0 aromatic heterocycles. The molecule has 0 bridgehead atoms. The molecule has 92 valence electrons. The van der Waals surface area contributed by atoms with Crippen LogP contribution < -0.4 is 0 Å². The summed E-state index contributed by atoms with van der Waals surface area (Å²) in [5.41, 5.74) is 5.24. The molecular formula is C18H20. The molecule has 18 heavy (non-hydrogen) atoms. The molecule has 2 rings (SSSR count). The molecule has 0 radical (unpaired) electrons. The Kier molecular flexibility index (Phi) is 3.99. The van der Waals surface area contributed by atoms with Gasteiger partial charge in [0, 0.05) is 0 Å². The van der Waals surface area contributed by atoms with Crippen molar-refractivity contribution in [3.63, 3.8) is 0 Å². The van der Waals surface area contributed by atoms with Crippen molar-refractivity contribution >= 4 is 11.6 Å². The first-order valence-electron chi connectivity index (χ1n) is 6.50. The van der Waals surface area contributed by atoms with Crippen molar-refractivity contribution in [2.75, 3.05) is 0 Å². The van der Waals surface area contributed by atoms with E-state index < -0.39 is 0 Å². The lowest BCUT2D eigenvalue weighted by atomic mass is 10.00. The lowest BCUT2D eigenvalue weighted by Gasteiger charge is -2.06. The molecule has 2 aromatic carbocycles. The van der Waals surface area contributed by atoms with Crippen LogP contribution in [0.4, 0.5) is 0 Å². The number of allylic oxidation sites excluding steroid dienone is 1. The van der Waals surface area contributed by atoms with Gasteiger partial charge in [-0.15, -0.1) is 0 Å². The first-order valence-corrected chi connectivity index (χ1v) is 6.50. The Hall–Kier alpha value is -1.82. The second-order valence-corrected chi connectivity index (χ2v) is 5.01. The molecule has 0 spiro atoms. The Labute approximate surface area is 110 Å². The quantitative estimate of drug-likeness (QED) is 0.628. The lowest BCUT2D eigenvalue weighted by molar-refractivity contribution is 0.866. The molecule has 0 aliphatic carbocycles. The third-order valence-electron chi connectivity index (χ3n) is 3.22. The van der Waals surface area contributed by atoms with Crippen LogP contribution in [0, 0.1) is 0 Å². The van der Waals surface area contributed by atoms with E-state index in [1.807, 2.05) is 6.07 Å². The van der Waals surface area contributed by atoms with Crippen molar-refractivity contribution in [1.82, 2.24) is 0 Å². The molecule has 0 aliphatic rings. The monoisotopic (exact) mass is 236 g/mol. The molecule has 2 aromatic rings. The Morgan fingerprint density at radius 3 is 2.06 bits per heavy atom. The number of benzene rings is 2. The van der Waals surface area contributed by atoms with Crippen LogP contribution in [0.15, 0.2) is 54.6 Å². The molecule has 0 unspecified atom stereocenters. The minimum absolute atomic E-state index is 0.596. The maximum atomic E-state index is 2.24. The molecule has 0 atom stereocenters. The Balaban J connectivity index is 2.23. The molecule has 0 nitrogen and oxygen atoms in total. The molecule has 0 aliphatic heterocycles. The van der Waals surface area contributed by atoms with E-state index in [9.17, 15) is 0 Å². The van der Waals surface area contributed by atoms with Gasteiger partial charge in [0.15, 0.2) is 0 Å². The van der Waals surface area contributed by atoms with Crippen LogP contribution in [0.1, 0.15) is 43.4 Å². The van der Waals surface area contributed by atoms with E-state index in [4.69, 9.17) is 0 Å². The molecule has 0 saturated carbocycles. The molecule has 0 amide bonds. The summed E-state index contributed by atoms with van der Waals surface area (Å²) in [6, 6.07) is 19.3. The van der Waals surface area contributed by atoms with E-state index in [1.54, 1.807) is 0 Å². The zero-order valence-corrected chi connectivity index (χ0v) is 11.4. The second-order valence-electron chi connectivity index (χ2n) is 5.01. The Bertz CT molecular complexity index is 516. The van der Waals surface area contributed by atoms with E-state index >= 15 is 0 Å². The maximum Gasteiger partial charge on any atom is -0.0219 e. The van der Waals surface area contributed by atoms with E-state index in [-0.39, 0.29) is 0 Å². The highest BCUT2D eigenvalue weighted by molar-refractivity contribution is 5.80. The van der Waals surface area contributed by atoms with Gasteiger partial charge in [0.25, 0.3) is 0 Å². The van der Waals surface area contributed by atoms with Crippen LogP contribution in [0.3, 0.4) is 0 Å². The molecule has 0 fully saturated rings. The summed E-state index contributed by atoms with van der Waals surface area (Å²) in [6.45, 7) is 6.60. The summed E-state index contributed by atoms with van der Waals surface area (Å²) in [6.07, 6.45) is 2.24. The van der Waals surface area contributed by atoms with E-state index in [0.717, 1.165) is 0 Å². The lowest BCUT2D eigenvalue weighted by Crippen LogP contribution is -1.86. The van der Waals surface area contributed by atoms with Gasteiger partial charge >= 0.3 is 0 Å². The topological polar surface area (TPSA) is 0 Å². The largest absolute Gasteiger partial charge is 0.0622 e. The summed E-state index contributed by atoms with van der Waals surface area (Å²) in [5.74, 6) is 0.596. The van der Waals surface area contributed by atoms with E-state index in [1.165, 1.54) is 22.3 Å². The van der Waals surface area contributed by atoms with Gasteiger partial charge in [0.1, 0.15) is 0 Å². The predicted molar refractivity (Wildman–Crippen MR) is 80.5 cm³/mol. The zero-order chi connectivity index (χ0) is 13.0. The van der Waals surface area contributed by atoms with Crippen LogP contribution in [0.5, 0.6) is 0 Å². The fourth-order valence-corrected chi connectivity index (χ4v) is 2.01. The highest BCUT2D eigenvalue weighted by Crippen LogP contribution is 2.19. The minimum Gasteiger partial charge on any atom is -0.0622 e. The van der Waals surface area contributed by atoms with Crippen molar-refractivity contribution in [2.45, 2.75) is 26.7 Å². The second kappa shape index (κ2) is 5.68. The Morgan fingerprint density at radius 2 is 1.50 bits per heavy atom. The molecule has 0 N–H and O–H groups in total. The van der Waals surface area contributed by atoms with Crippen molar-refractivity contribution in [3.8, 4) is 0 Å². The smallest absolute Gasteiger partial charge is 0.0219 e. The van der Waals surface area contributed by atoms with Crippen LogP contribution in [-0.4, -0.2) is 0 Å². The average molecular weight is 236 g/mol. The van der Waals surface area contributed by atoms with Gasteiger partial charge in [0.2, 0.25) is 0 Å². The van der Waals surface area contributed by atoms with Crippen molar-refractivity contribution < 1.29 is 0 Å². The number of hydrogen-bond acceptors (Lipinski definition) is 0. The Morgan fingerprint density at radius 1 is 0.889 bits per heavy atom. The fourth-order valence-electron chi connectivity index (χ4n) is 2.01. The summed E-state index contributed by atoms with van der Waals surface area (Å²) in [4.78, 5) is 0. The van der Waals surface area contributed by atoms with E-state index in [0.29, 0.717) is 5.92 Å². The van der Waals surface area contributed by atoms with Gasteiger partial charge < -0.3 is 0 Å². The number of hydrogen-bond donors (Lipinski definition) is 0. The van der Waals surface area contributed by atoms with Gasteiger partial charge in [0.05, 0.1) is 0 Å². The van der Waals surface area contributed by atoms with Gasteiger partial charge in [-0.2, -0.15) is 0 Å². The van der Waals surface area contributed by atoms with Crippen LogP contribution in [0.2, 0.25) is 0 Å². The van der Waals surface area contributed by atoms with Crippen molar-refractivity contribution in [2.24, 2.45) is 0 Å².